The van der Waals surface area contributed by atoms with Crippen LogP contribution in [0, 0.1) is 0 Å². The summed E-state index contributed by atoms with van der Waals surface area (Å²) in [7, 11) is 1.28. The van der Waals surface area contributed by atoms with Crippen molar-refractivity contribution in [3.05, 3.63) is 40.6 Å². The molecule has 0 radical (unpaired) electrons. The molecule has 2 aromatic carbocycles. The fourth-order valence-electron chi connectivity index (χ4n) is 5.08. The van der Waals surface area contributed by atoms with Crippen molar-refractivity contribution < 1.29 is 74.1 Å². The summed E-state index contributed by atoms with van der Waals surface area (Å²) >= 11 is 0. The van der Waals surface area contributed by atoms with Crippen LogP contribution in [0.1, 0.15) is 6.92 Å². The first-order chi connectivity index (χ1) is 20.9. The molecule has 1 aromatic heterocycles. The number of rotatable bonds is 7. The van der Waals surface area contributed by atoms with Gasteiger partial charge in [-0.3, -0.25) is 4.79 Å². The molecule has 0 bridgehead atoms. The highest BCUT2D eigenvalue weighted by Crippen LogP contribution is 2.40. The fraction of sp³-hybridized carbons (Fsp3) is 0.464. The number of phenols is 3. The number of aliphatic hydroxyl groups excluding tert-OH is 6. The maximum Gasteiger partial charge on any atom is 0.239 e. The molecule has 10 atom stereocenters. The largest absolute Gasteiger partial charge is 0.508 e. The van der Waals surface area contributed by atoms with Crippen molar-refractivity contribution in [3.63, 3.8) is 0 Å². The van der Waals surface area contributed by atoms with E-state index in [9.17, 15) is 50.8 Å². The van der Waals surface area contributed by atoms with Gasteiger partial charge in [0.05, 0.1) is 19.8 Å². The normalized spacial score (nSPS) is 32.5. The van der Waals surface area contributed by atoms with Gasteiger partial charge in [0, 0.05) is 17.7 Å². The second kappa shape index (κ2) is 12.4. The molecule has 0 saturated carbocycles. The van der Waals surface area contributed by atoms with Crippen LogP contribution in [0.4, 0.5) is 0 Å². The first-order valence-electron chi connectivity index (χ1n) is 13.4. The van der Waals surface area contributed by atoms with Crippen molar-refractivity contribution in [2.24, 2.45) is 0 Å². The highest BCUT2D eigenvalue weighted by molar-refractivity contribution is 5.88. The van der Waals surface area contributed by atoms with Gasteiger partial charge in [-0.2, -0.15) is 0 Å². The SMILES string of the molecule is COc1cc(-c2oc3cc(O)cc(O)c3c(=O)c2O[C@H]2O[C@H](CO)[C@@H](O)[C@H](O)[C@H]2O[C@@H]2O[C@H](C)[C@H](O)[C@@H](O)[C@H]2O)ccc1O. The van der Waals surface area contributed by atoms with E-state index in [0.717, 1.165) is 12.1 Å². The van der Waals surface area contributed by atoms with Crippen molar-refractivity contribution in [2.75, 3.05) is 13.7 Å². The van der Waals surface area contributed by atoms with Gasteiger partial charge < -0.3 is 74.1 Å². The zero-order valence-electron chi connectivity index (χ0n) is 23.3. The molecule has 0 aliphatic carbocycles. The summed E-state index contributed by atoms with van der Waals surface area (Å²) in [6, 6.07) is 5.81. The van der Waals surface area contributed by atoms with Gasteiger partial charge in [-0.15, -0.1) is 0 Å². The number of benzene rings is 2. The molecule has 0 spiro atoms. The van der Waals surface area contributed by atoms with Gasteiger partial charge in [-0.05, 0) is 25.1 Å². The summed E-state index contributed by atoms with van der Waals surface area (Å²) in [4.78, 5) is 13.8. The third kappa shape index (κ3) is 5.63. The zero-order valence-corrected chi connectivity index (χ0v) is 23.3. The van der Waals surface area contributed by atoms with E-state index in [0.29, 0.717) is 0 Å². The van der Waals surface area contributed by atoms with Crippen molar-refractivity contribution in [2.45, 2.75) is 68.3 Å². The summed E-state index contributed by atoms with van der Waals surface area (Å²) in [6.45, 7) is 0.570. The first-order valence-corrected chi connectivity index (χ1v) is 13.4. The Kier molecular flexibility index (Phi) is 8.90. The second-order valence-corrected chi connectivity index (χ2v) is 10.4. The zero-order chi connectivity index (χ0) is 32.0. The number of fused-ring (bicyclic) bond motifs is 1. The van der Waals surface area contributed by atoms with E-state index < -0.39 is 96.1 Å². The van der Waals surface area contributed by atoms with Gasteiger partial charge >= 0.3 is 0 Å². The average Bonchev–Trinajstić information content (AvgIpc) is 2.99. The monoisotopic (exact) mass is 624 g/mol. The highest BCUT2D eigenvalue weighted by atomic mass is 16.8. The van der Waals surface area contributed by atoms with E-state index in [4.69, 9.17) is 28.1 Å². The molecular formula is C28H32O16. The maximum atomic E-state index is 13.8. The van der Waals surface area contributed by atoms with Gasteiger partial charge in [0.25, 0.3) is 0 Å². The minimum Gasteiger partial charge on any atom is -0.508 e. The topological polar surface area (TPSA) is 258 Å². The molecule has 44 heavy (non-hydrogen) atoms. The average molecular weight is 625 g/mol. The molecule has 9 N–H and O–H groups in total. The predicted molar refractivity (Wildman–Crippen MR) is 145 cm³/mol. The van der Waals surface area contributed by atoms with E-state index in [-0.39, 0.29) is 28.4 Å². The van der Waals surface area contributed by atoms with E-state index >= 15 is 0 Å². The Labute approximate surface area is 248 Å². The standard InChI is InChI=1S/C28H32O16/c1-9-18(33)21(36)23(38)27(40-9)44-26-22(37)19(34)16(8-29)42-28(26)43-25-20(35)17-13(32)6-11(30)7-15(17)41-24(25)10-3-4-12(31)14(5-10)39-2/h3-7,9,16,18-19,21-23,26-34,36-38H,8H2,1-2H3/t9-,16-,18+,19-,21-,22+,23-,26-,27+,28-/m1/s1. The molecule has 240 valence electrons. The summed E-state index contributed by atoms with van der Waals surface area (Å²) in [5, 5.41) is 92.3. The van der Waals surface area contributed by atoms with Crippen LogP contribution in [0.3, 0.4) is 0 Å². The number of aliphatic hydroxyl groups is 6. The summed E-state index contributed by atoms with van der Waals surface area (Å²) < 4.78 is 33.8. The molecule has 16 heteroatoms. The smallest absolute Gasteiger partial charge is 0.239 e. The van der Waals surface area contributed by atoms with Gasteiger partial charge in [0.2, 0.25) is 17.5 Å². The Morgan fingerprint density at radius 2 is 1.57 bits per heavy atom. The summed E-state index contributed by atoms with van der Waals surface area (Å²) in [6.07, 6.45) is -16.5. The van der Waals surface area contributed by atoms with Crippen LogP contribution in [-0.4, -0.2) is 121 Å². The molecule has 2 fully saturated rings. The lowest BCUT2D eigenvalue weighted by Gasteiger charge is -2.45. The Hall–Kier alpha value is -3.71. The quantitative estimate of drug-likeness (QED) is 0.147. The van der Waals surface area contributed by atoms with Crippen molar-refractivity contribution in [1.82, 2.24) is 0 Å². The number of ether oxygens (including phenoxy) is 5. The molecule has 2 aliphatic rings. The number of hydrogen-bond acceptors (Lipinski definition) is 16. The van der Waals surface area contributed by atoms with E-state index in [1.807, 2.05) is 0 Å². The van der Waals surface area contributed by atoms with Gasteiger partial charge in [0.15, 0.2) is 29.7 Å². The Morgan fingerprint density at radius 1 is 0.841 bits per heavy atom. The molecule has 3 heterocycles. The van der Waals surface area contributed by atoms with Crippen LogP contribution >= 0.6 is 0 Å². The molecule has 2 saturated heterocycles. The lowest BCUT2D eigenvalue weighted by atomic mass is 9.97. The second-order valence-electron chi connectivity index (χ2n) is 10.4. The van der Waals surface area contributed by atoms with Crippen LogP contribution < -0.4 is 14.9 Å². The summed E-state index contributed by atoms with van der Waals surface area (Å²) in [5.74, 6) is -2.34. The van der Waals surface area contributed by atoms with Crippen LogP contribution in [-0.2, 0) is 14.2 Å². The van der Waals surface area contributed by atoms with Crippen LogP contribution in [0.2, 0.25) is 0 Å². The Morgan fingerprint density at radius 3 is 2.25 bits per heavy atom. The van der Waals surface area contributed by atoms with Gasteiger partial charge in [-0.25, -0.2) is 0 Å². The third-order valence-electron chi connectivity index (χ3n) is 7.52. The molecule has 2 aliphatic heterocycles. The van der Waals surface area contributed by atoms with Gasteiger partial charge in [-0.1, -0.05) is 0 Å². The minimum atomic E-state index is -1.89. The molecule has 0 amide bonds. The number of methoxy groups -OCH3 is 1. The summed E-state index contributed by atoms with van der Waals surface area (Å²) in [5.41, 5.74) is -1.15. The third-order valence-corrected chi connectivity index (χ3v) is 7.52. The molecule has 5 rings (SSSR count). The molecule has 3 aromatic rings. The lowest BCUT2D eigenvalue weighted by molar-refractivity contribution is -0.354. The number of phenolic OH excluding ortho intramolecular Hbond substituents is 3. The van der Waals surface area contributed by atoms with Crippen molar-refractivity contribution in [3.8, 4) is 40.1 Å². The molecular weight excluding hydrogens is 592 g/mol. The van der Waals surface area contributed by atoms with E-state index in [1.54, 1.807) is 0 Å². The Balaban J connectivity index is 1.63. The lowest BCUT2D eigenvalue weighted by Crippen LogP contribution is -2.64. The number of hydrogen-bond donors (Lipinski definition) is 9. The van der Waals surface area contributed by atoms with E-state index in [2.05, 4.69) is 0 Å². The Bertz CT molecular complexity index is 1560. The van der Waals surface area contributed by atoms with Gasteiger partial charge in [0.1, 0.15) is 59.1 Å². The highest BCUT2D eigenvalue weighted by Gasteiger charge is 2.51. The first kappa shape index (κ1) is 31.7. The van der Waals surface area contributed by atoms with Crippen LogP contribution in [0.5, 0.6) is 28.7 Å². The minimum absolute atomic E-state index is 0.0257. The number of aromatic hydroxyl groups is 3. The van der Waals surface area contributed by atoms with E-state index in [1.165, 1.54) is 32.2 Å². The molecule has 16 nitrogen and oxygen atoms in total. The van der Waals surface area contributed by atoms with Crippen molar-refractivity contribution in [1.29, 1.82) is 0 Å². The maximum absolute atomic E-state index is 13.8. The molecule has 0 unspecified atom stereocenters. The van der Waals surface area contributed by atoms with Crippen molar-refractivity contribution >= 4 is 11.0 Å². The fourth-order valence-corrected chi connectivity index (χ4v) is 5.08. The van der Waals surface area contributed by atoms with Crippen LogP contribution in [0.15, 0.2) is 39.5 Å². The predicted octanol–water partition coefficient (Wildman–Crippen LogP) is -1.38. The van der Waals surface area contributed by atoms with Crippen LogP contribution in [0.25, 0.3) is 22.3 Å².